The van der Waals surface area contributed by atoms with Crippen molar-refractivity contribution in [2.45, 2.75) is 6.54 Å². The molecule has 2 rings (SSSR count). The quantitative estimate of drug-likeness (QED) is 0.751. The van der Waals surface area contributed by atoms with Crippen LogP contribution in [0.4, 0.5) is 10.5 Å². The van der Waals surface area contributed by atoms with Gasteiger partial charge in [-0.05, 0) is 35.9 Å². The number of hydrogen-bond donors (Lipinski definition) is 3. The Morgan fingerprint density at radius 2 is 1.77 bits per heavy atom. The minimum atomic E-state index is -0.527. The average Bonchev–Trinajstić information content (AvgIpc) is 2.53. The van der Waals surface area contributed by atoms with Crippen molar-refractivity contribution in [2.75, 3.05) is 4.31 Å². The molecule has 2 aromatic carbocycles. The van der Waals surface area contributed by atoms with Gasteiger partial charge in [-0.3, -0.25) is 4.79 Å². The van der Waals surface area contributed by atoms with Crippen molar-refractivity contribution in [2.24, 2.45) is 5.73 Å². The van der Waals surface area contributed by atoms with E-state index in [-0.39, 0.29) is 6.54 Å². The molecule has 114 valence electrons. The molecule has 0 aromatic heterocycles. The zero-order chi connectivity index (χ0) is 16.1. The second kappa shape index (κ2) is 7.20. The normalized spacial score (nSPS) is 10.1. The molecule has 0 saturated heterocycles. The van der Waals surface area contributed by atoms with E-state index in [1.165, 1.54) is 12.1 Å². The molecule has 0 heterocycles. The van der Waals surface area contributed by atoms with Gasteiger partial charge in [-0.25, -0.2) is 9.10 Å². The molecule has 3 amide bonds. The summed E-state index contributed by atoms with van der Waals surface area (Å²) in [6.45, 7) is 0.287. The van der Waals surface area contributed by atoms with Crippen molar-refractivity contribution >= 4 is 42.0 Å². The Bertz CT molecular complexity index is 691. The van der Waals surface area contributed by atoms with Gasteiger partial charge in [0.05, 0.1) is 5.69 Å². The summed E-state index contributed by atoms with van der Waals surface area (Å²) in [5, 5.41) is 3.29. The molecule has 0 bridgehead atoms. The number of halogens is 1. The number of urea groups is 1. The highest BCUT2D eigenvalue weighted by Crippen LogP contribution is 2.18. The third kappa shape index (κ3) is 3.93. The third-order valence-electron chi connectivity index (χ3n) is 2.98. The van der Waals surface area contributed by atoms with Crippen LogP contribution in [0.25, 0.3) is 0 Å². The Kier molecular flexibility index (Phi) is 5.30. The van der Waals surface area contributed by atoms with E-state index in [2.05, 4.69) is 18.1 Å². The van der Waals surface area contributed by atoms with Gasteiger partial charge in [-0.2, -0.15) is 0 Å². The fourth-order valence-corrected chi connectivity index (χ4v) is 2.18. The SMILES string of the molecule is NC(=O)c1ccc(N(S)C(=O)NCc2ccccc2Cl)cc1. The number of amides is 3. The second-order valence-corrected chi connectivity index (χ2v) is 5.28. The fourth-order valence-electron chi connectivity index (χ4n) is 1.77. The summed E-state index contributed by atoms with van der Waals surface area (Å²) in [5.74, 6) is -0.527. The zero-order valence-electron chi connectivity index (χ0n) is 11.5. The van der Waals surface area contributed by atoms with Crippen molar-refractivity contribution in [1.82, 2.24) is 5.32 Å². The van der Waals surface area contributed by atoms with Crippen LogP contribution in [0, 0.1) is 0 Å². The van der Waals surface area contributed by atoms with Gasteiger partial charge in [0.1, 0.15) is 0 Å². The fraction of sp³-hybridized carbons (Fsp3) is 0.0667. The summed E-state index contributed by atoms with van der Waals surface area (Å²) in [6.07, 6.45) is 0. The van der Waals surface area contributed by atoms with Crippen molar-refractivity contribution in [1.29, 1.82) is 0 Å². The first-order chi connectivity index (χ1) is 10.5. The molecule has 0 aliphatic carbocycles. The highest BCUT2D eigenvalue weighted by Gasteiger charge is 2.12. The van der Waals surface area contributed by atoms with E-state index < -0.39 is 11.9 Å². The van der Waals surface area contributed by atoms with Gasteiger partial charge < -0.3 is 11.1 Å². The van der Waals surface area contributed by atoms with Gasteiger partial charge in [0.25, 0.3) is 0 Å². The maximum atomic E-state index is 12.1. The molecular weight excluding hydrogens is 322 g/mol. The molecule has 22 heavy (non-hydrogen) atoms. The lowest BCUT2D eigenvalue weighted by Gasteiger charge is -2.17. The number of hydrogen-bond acceptors (Lipinski definition) is 3. The predicted octanol–water partition coefficient (Wildman–Crippen LogP) is 3.00. The summed E-state index contributed by atoms with van der Waals surface area (Å²) in [4.78, 5) is 23.1. The summed E-state index contributed by atoms with van der Waals surface area (Å²) in [5.41, 5.74) is 6.85. The summed E-state index contributed by atoms with van der Waals surface area (Å²) in [6, 6.07) is 13.1. The molecule has 5 nitrogen and oxygen atoms in total. The summed E-state index contributed by atoms with van der Waals surface area (Å²) < 4.78 is 1.14. The van der Waals surface area contributed by atoms with Crippen LogP contribution in [0.3, 0.4) is 0 Å². The number of carbonyl (C=O) groups is 2. The van der Waals surface area contributed by atoms with E-state index in [0.29, 0.717) is 16.3 Å². The van der Waals surface area contributed by atoms with Crippen molar-refractivity contribution in [3.8, 4) is 0 Å². The molecule has 0 aliphatic heterocycles. The van der Waals surface area contributed by atoms with Crippen LogP contribution in [0.2, 0.25) is 5.02 Å². The van der Waals surface area contributed by atoms with E-state index >= 15 is 0 Å². The van der Waals surface area contributed by atoms with Crippen LogP contribution in [0.1, 0.15) is 15.9 Å². The molecule has 0 aliphatic rings. The van der Waals surface area contributed by atoms with E-state index in [4.69, 9.17) is 17.3 Å². The molecule has 0 atom stereocenters. The first-order valence-corrected chi connectivity index (χ1v) is 7.17. The molecule has 7 heteroatoms. The van der Waals surface area contributed by atoms with Crippen LogP contribution in [0.5, 0.6) is 0 Å². The number of anilines is 1. The van der Waals surface area contributed by atoms with E-state index in [1.54, 1.807) is 18.2 Å². The van der Waals surface area contributed by atoms with Crippen LogP contribution >= 0.6 is 24.4 Å². The van der Waals surface area contributed by atoms with Gasteiger partial charge >= 0.3 is 6.03 Å². The Morgan fingerprint density at radius 1 is 1.14 bits per heavy atom. The highest BCUT2D eigenvalue weighted by molar-refractivity contribution is 7.82. The molecular formula is C15H14ClN3O2S. The topological polar surface area (TPSA) is 75.4 Å². The lowest BCUT2D eigenvalue weighted by molar-refractivity contribution is 0.100. The Hall–Kier alpha value is -2.18. The highest BCUT2D eigenvalue weighted by atomic mass is 35.5. The standard InChI is InChI=1S/C15H14ClN3O2S/c16-13-4-2-1-3-11(13)9-18-15(21)19(22)12-7-5-10(6-8-12)14(17)20/h1-8,22H,9H2,(H2,17,20)(H,18,21). The lowest BCUT2D eigenvalue weighted by Crippen LogP contribution is -2.33. The molecule has 0 saturated carbocycles. The number of nitrogens with two attached hydrogens (primary N) is 1. The van der Waals surface area contributed by atoms with Crippen molar-refractivity contribution < 1.29 is 9.59 Å². The first kappa shape index (κ1) is 16.2. The van der Waals surface area contributed by atoms with Crippen LogP contribution < -0.4 is 15.4 Å². The maximum absolute atomic E-state index is 12.1. The largest absolute Gasteiger partial charge is 0.366 e. The Balaban J connectivity index is 2.00. The average molecular weight is 336 g/mol. The number of nitrogens with zero attached hydrogens (tertiary/aromatic N) is 1. The second-order valence-electron chi connectivity index (χ2n) is 4.47. The minimum Gasteiger partial charge on any atom is -0.366 e. The van der Waals surface area contributed by atoms with Crippen LogP contribution in [-0.4, -0.2) is 11.9 Å². The van der Waals surface area contributed by atoms with Crippen molar-refractivity contribution in [3.05, 3.63) is 64.7 Å². The van der Waals surface area contributed by atoms with Gasteiger partial charge in [0, 0.05) is 17.1 Å². The van der Waals surface area contributed by atoms with E-state index in [0.717, 1.165) is 9.87 Å². The first-order valence-electron chi connectivity index (χ1n) is 6.39. The molecule has 3 N–H and O–H groups in total. The minimum absolute atomic E-state index is 0.287. The van der Waals surface area contributed by atoms with Crippen molar-refractivity contribution in [3.63, 3.8) is 0 Å². The Morgan fingerprint density at radius 3 is 2.36 bits per heavy atom. The molecule has 2 aromatic rings. The van der Waals surface area contributed by atoms with Gasteiger partial charge in [0.15, 0.2) is 0 Å². The number of rotatable bonds is 4. The maximum Gasteiger partial charge on any atom is 0.332 e. The number of nitrogens with one attached hydrogen (secondary N) is 1. The summed E-state index contributed by atoms with van der Waals surface area (Å²) in [7, 11) is 0. The van der Waals surface area contributed by atoms with E-state index in [1.807, 2.05) is 18.2 Å². The zero-order valence-corrected chi connectivity index (χ0v) is 13.1. The van der Waals surface area contributed by atoms with Crippen LogP contribution in [0.15, 0.2) is 48.5 Å². The molecule has 0 unspecified atom stereocenters. The van der Waals surface area contributed by atoms with Crippen LogP contribution in [-0.2, 0) is 6.54 Å². The molecule has 0 fully saturated rings. The van der Waals surface area contributed by atoms with E-state index in [9.17, 15) is 9.59 Å². The third-order valence-corrected chi connectivity index (χ3v) is 3.76. The smallest absolute Gasteiger partial charge is 0.332 e. The van der Waals surface area contributed by atoms with Gasteiger partial charge in [-0.15, -0.1) is 0 Å². The van der Waals surface area contributed by atoms with Gasteiger partial charge in [-0.1, -0.05) is 42.6 Å². The monoisotopic (exact) mass is 335 g/mol. The number of carbonyl (C=O) groups excluding carboxylic acids is 2. The number of benzene rings is 2. The molecule has 0 radical (unpaired) electrons. The lowest BCUT2D eigenvalue weighted by atomic mass is 10.2. The summed E-state index contributed by atoms with van der Waals surface area (Å²) >= 11 is 10.2. The van der Waals surface area contributed by atoms with Gasteiger partial charge in [0.2, 0.25) is 5.91 Å². The predicted molar refractivity (Wildman–Crippen MR) is 90.1 cm³/mol. The number of primary amides is 1. The molecule has 0 spiro atoms. The Labute approximate surface area is 138 Å². The number of thiol groups is 1.